The van der Waals surface area contributed by atoms with Gasteiger partial charge in [0.05, 0.1) is 83.9 Å². The molecule has 65 heavy (non-hydrogen) atoms. The van der Waals surface area contributed by atoms with Crippen LogP contribution >= 0.6 is 17.1 Å². The summed E-state index contributed by atoms with van der Waals surface area (Å²) in [6.07, 6.45) is -1.27. The minimum absolute atomic E-state index is 0. The Labute approximate surface area is 416 Å². The summed E-state index contributed by atoms with van der Waals surface area (Å²) >= 11 is 0. The third-order valence-corrected chi connectivity index (χ3v) is 14.8. The molecule has 10 atom stereocenters. The van der Waals surface area contributed by atoms with Crippen molar-refractivity contribution in [3.8, 4) is 23.6 Å². The van der Waals surface area contributed by atoms with Crippen LogP contribution in [0.3, 0.4) is 0 Å². The van der Waals surface area contributed by atoms with Crippen LogP contribution in [0, 0.1) is 48.8 Å². The molecule has 0 bridgehead atoms. The van der Waals surface area contributed by atoms with E-state index in [0.29, 0.717) is 0 Å². The summed E-state index contributed by atoms with van der Waals surface area (Å²) in [6.45, 7) is 19.6. The first-order chi connectivity index (χ1) is 30.4. The van der Waals surface area contributed by atoms with Gasteiger partial charge in [0.15, 0.2) is 0 Å². The molecule has 2 aliphatic heterocycles. The molecule has 1 radical (unpaired) electrons. The molecular weight excluding hydrogens is 941 g/mol. The van der Waals surface area contributed by atoms with Crippen molar-refractivity contribution in [3.05, 3.63) is 110 Å². The summed E-state index contributed by atoms with van der Waals surface area (Å²) in [6, 6.07) is 30.4. The number of methoxy groups -OCH3 is 2. The third kappa shape index (κ3) is 14.7. The molecule has 355 valence electrons. The quantitative estimate of drug-likeness (QED) is 0.0344. The van der Waals surface area contributed by atoms with E-state index in [2.05, 4.69) is 77.4 Å². The van der Waals surface area contributed by atoms with E-state index in [-0.39, 0.29) is 116 Å². The number of rotatable bonds is 25. The molecule has 3 aromatic rings. The van der Waals surface area contributed by atoms with Gasteiger partial charge >= 0.3 is 8.60 Å². The van der Waals surface area contributed by atoms with Gasteiger partial charge in [-0.25, -0.2) is 4.67 Å². The van der Waals surface area contributed by atoms with Crippen LogP contribution < -0.4 is 9.47 Å². The number of nitrogens with zero attached hydrogens (tertiary/aromatic N) is 3. The van der Waals surface area contributed by atoms with Crippen LogP contribution in [0.5, 0.6) is 11.5 Å². The molecule has 4 unspecified atom stereocenters. The first-order valence-electron chi connectivity index (χ1n) is 21.9. The Balaban J connectivity index is 0.00000561. The summed E-state index contributed by atoms with van der Waals surface area (Å²) in [4.78, 5) is 0. The van der Waals surface area contributed by atoms with Crippen LogP contribution in [0.1, 0.15) is 84.4 Å². The summed E-state index contributed by atoms with van der Waals surface area (Å²) < 4.78 is 66.4. The fraction of sp³-hybridized carbons (Fsp3) is 0.551. The average Bonchev–Trinajstić information content (AvgIpc) is 3.74. The van der Waals surface area contributed by atoms with E-state index in [1.54, 1.807) is 14.2 Å². The van der Waals surface area contributed by atoms with E-state index >= 15 is 0 Å². The molecule has 2 aliphatic rings. The largest absolute Gasteiger partial charge is 0.497 e. The third-order valence-electron chi connectivity index (χ3n) is 11.5. The monoisotopic (exact) mass is 1010 g/mol. The van der Waals surface area contributed by atoms with Crippen molar-refractivity contribution in [2.75, 3.05) is 40.6 Å². The minimum Gasteiger partial charge on any atom is -0.497 e. The van der Waals surface area contributed by atoms with Crippen molar-refractivity contribution < 1.29 is 79.0 Å². The van der Waals surface area contributed by atoms with Crippen molar-refractivity contribution >= 4 is 17.1 Å². The molecule has 3 aromatic carbocycles. The summed E-state index contributed by atoms with van der Waals surface area (Å²) in [5, 5.41) is 18.7. The van der Waals surface area contributed by atoms with Gasteiger partial charge in [-0.1, -0.05) is 81.5 Å². The van der Waals surface area contributed by atoms with Gasteiger partial charge in [-0.3, -0.25) is 0 Å². The zero-order valence-corrected chi connectivity index (χ0v) is 44.5. The molecule has 0 aliphatic carbocycles. The van der Waals surface area contributed by atoms with E-state index in [4.69, 9.17) is 46.3 Å². The second kappa shape index (κ2) is 28.4. The molecule has 16 heteroatoms. The fourth-order valence-electron chi connectivity index (χ4n) is 8.19. The Morgan fingerprint density at radius 3 is 1.71 bits per heavy atom. The summed E-state index contributed by atoms with van der Waals surface area (Å²) in [7, 11) is -0.268. The Bertz CT molecular complexity index is 1830. The van der Waals surface area contributed by atoms with Crippen molar-refractivity contribution in [1.82, 2.24) is 4.67 Å². The van der Waals surface area contributed by atoms with Crippen LogP contribution in [0.15, 0.2) is 78.9 Å². The van der Waals surface area contributed by atoms with Crippen LogP contribution in [-0.2, 0) is 75.1 Å². The molecule has 2 saturated heterocycles. The molecule has 0 spiro atoms. The number of hydrogen-bond acceptors (Lipinski definition) is 13. The predicted octanol–water partition coefficient (Wildman–Crippen LogP) is 10.7. The van der Waals surface area contributed by atoms with E-state index < -0.39 is 47.1 Å². The molecule has 0 amide bonds. The first kappa shape index (κ1) is 57.2. The van der Waals surface area contributed by atoms with E-state index in [9.17, 15) is 10.5 Å². The van der Waals surface area contributed by atoms with Gasteiger partial charge < -0.3 is 60.7 Å². The van der Waals surface area contributed by atoms with Gasteiger partial charge in [0.1, 0.15) is 29.3 Å². The molecular formula is C49H69N3O10P2Y-2. The Morgan fingerprint density at radius 1 is 0.692 bits per heavy atom. The smallest absolute Gasteiger partial charge is 0.333 e. The number of ether oxygens (including phenoxy) is 5. The van der Waals surface area contributed by atoms with Crippen molar-refractivity contribution in [2.24, 2.45) is 11.8 Å². The Hall–Kier alpha value is -2.16. The van der Waals surface area contributed by atoms with E-state index in [1.807, 2.05) is 73.7 Å². The maximum absolute atomic E-state index is 9.44. The fourth-order valence-corrected chi connectivity index (χ4v) is 11.3. The van der Waals surface area contributed by atoms with Crippen LogP contribution in [0.4, 0.5) is 0 Å². The van der Waals surface area contributed by atoms with Gasteiger partial charge in [0.2, 0.25) is 0 Å². The SMILES string of the molecule is [CH2-][C@@H]1O[C@H](COC(c2ccccc2)(c2ccc(OC)cc2)c2ccc(OC)cc2)[C@H](OP(OCCC#N)OC[C@H]2O[C@@H](CC)C(C)[C@H]2OP(OCCC#N)N(C(C)C)C(C)C)C1C.[CH3-].[Y]. The zero-order valence-electron chi connectivity index (χ0n) is 39.8. The van der Waals surface area contributed by atoms with Crippen LogP contribution in [0.25, 0.3) is 0 Å². The standard InChI is InChI=1S/C48H66N3O10P2.CH3.Y/c1-11-43-36(7)47(60-62(55-29-15-27-49)51(33(2)3)34(4)5)45(59-43)32-57-63(56-30-16-28-50)61-46-35(6)37(8)58-44(46)31-54-48(38-17-13-12-14-18-38,39-19-23-41(52-9)24-20-39)40-21-25-42(53-10)26-22-40;;/h12-14,17-26,33-37,43-47H,8,11,15-16,29-32H2,1-7,9-10H3;1H3;/q2*-1;/t35?,36?,37-,43-,44+,45+,46+,47+,62?,63?;;/m0../s1. The summed E-state index contributed by atoms with van der Waals surface area (Å²) in [5.41, 5.74) is 1.60. The molecule has 2 fully saturated rings. The van der Waals surface area contributed by atoms with Crippen LogP contribution in [-0.4, -0.2) is 94.0 Å². The van der Waals surface area contributed by atoms with Gasteiger partial charge in [0.25, 0.3) is 8.53 Å². The van der Waals surface area contributed by atoms with Crippen molar-refractivity contribution in [2.45, 2.75) is 122 Å². The van der Waals surface area contributed by atoms with Gasteiger partial charge in [-0.2, -0.15) is 10.5 Å². The van der Waals surface area contributed by atoms with Crippen molar-refractivity contribution in [1.29, 1.82) is 10.5 Å². The predicted molar refractivity (Wildman–Crippen MR) is 250 cm³/mol. The number of benzene rings is 3. The Morgan fingerprint density at radius 2 is 1.20 bits per heavy atom. The van der Waals surface area contributed by atoms with Gasteiger partial charge in [0, 0.05) is 50.7 Å². The second-order valence-corrected chi connectivity index (χ2v) is 18.9. The molecule has 13 nitrogen and oxygen atoms in total. The first-order valence-corrected chi connectivity index (χ1v) is 24.1. The maximum Gasteiger partial charge on any atom is 0.333 e. The topological polar surface area (TPSA) is 143 Å². The number of hydrogen-bond donors (Lipinski definition) is 0. The maximum atomic E-state index is 9.44. The molecule has 5 rings (SSSR count). The second-order valence-electron chi connectivity index (χ2n) is 16.3. The van der Waals surface area contributed by atoms with Crippen molar-refractivity contribution in [3.63, 3.8) is 0 Å². The van der Waals surface area contributed by atoms with Gasteiger partial charge in [-0.05, 0) is 81.0 Å². The molecule has 2 heterocycles. The average molecular weight is 1010 g/mol. The van der Waals surface area contributed by atoms with E-state index in [0.717, 1.165) is 34.6 Å². The minimum atomic E-state index is -2.02. The Kier molecular flexibility index (Phi) is 24.9. The summed E-state index contributed by atoms with van der Waals surface area (Å²) in [5.74, 6) is 1.30. The molecule has 0 saturated carbocycles. The van der Waals surface area contributed by atoms with Gasteiger partial charge in [-0.15, -0.1) is 0 Å². The normalized spacial score (nSPS) is 23.9. The zero-order chi connectivity index (χ0) is 45.5. The molecule has 0 N–H and O–H groups in total. The molecule has 0 aromatic heterocycles. The van der Waals surface area contributed by atoms with E-state index in [1.165, 1.54) is 0 Å². The van der Waals surface area contributed by atoms with Crippen LogP contribution in [0.2, 0.25) is 0 Å². The number of nitriles is 2.